The Labute approximate surface area is 86.6 Å². The minimum Gasteiger partial charge on any atom is -0.497 e. The summed E-state index contributed by atoms with van der Waals surface area (Å²) in [5, 5.41) is 19.8. The van der Waals surface area contributed by atoms with Crippen molar-refractivity contribution >= 4 is 11.7 Å². The molecule has 1 aromatic rings. The van der Waals surface area contributed by atoms with Crippen LogP contribution in [0.1, 0.15) is 5.56 Å². The smallest absolute Gasteiger partial charge is 0.354 e. The largest absolute Gasteiger partial charge is 0.497 e. The molecule has 0 amide bonds. The molecule has 1 aromatic carbocycles. The molecule has 15 heavy (non-hydrogen) atoms. The van der Waals surface area contributed by atoms with Crippen molar-refractivity contribution in [2.24, 2.45) is 5.16 Å². The SMILES string of the molecule is COc1ccc(C/C(=N/O)C(=O)O)cc1. The highest BCUT2D eigenvalue weighted by molar-refractivity contribution is 6.35. The van der Waals surface area contributed by atoms with E-state index in [1.54, 1.807) is 31.4 Å². The van der Waals surface area contributed by atoms with Gasteiger partial charge in [-0.1, -0.05) is 17.3 Å². The number of hydrogen-bond donors (Lipinski definition) is 2. The maximum absolute atomic E-state index is 10.5. The maximum Gasteiger partial charge on any atom is 0.354 e. The van der Waals surface area contributed by atoms with Crippen LogP contribution < -0.4 is 4.74 Å². The van der Waals surface area contributed by atoms with Gasteiger partial charge in [-0.2, -0.15) is 0 Å². The number of methoxy groups -OCH3 is 1. The number of nitrogens with zero attached hydrogens (tertiary/aromatic N) is 1. The molecule has 0 unspecified atom stereocenters. The van der Waals surface area contributed by atoms with Crippen LogP contribution in [-0.4, -0.2) is 29.1 Å². The van der Waals surface area contributed by atoms with E-state index in [0.29, 0.717) is 5.75 Å². The minimum atomic E-state index is -1.23. The summed E-state index contributed by atoms with van der Waals surface area (Å²) in [5.74, 6) is -0.537. The molecule has 5 nitrogen and oxygen atoms in total. The maximum atomic E-state index is 10.5. The number of ether oxygens (including phenoxy) is 1. The second-order valence-electron chi connectivity index (χ2n) is 2.88. The van der Waals surface area contributed by atoms with E-state index in [2.05, 4.69) is 5.16 Å². The highest BCUT2D eigenvalue weighted by Crippen LogP contribution is 2.12. The van der Waals surface area contributed by atoms with Gasteiger partial charge in [-0.05, 0) is 17.7 Å². The van der Waals surface area contributed by atoms with Gasteiger partial charge in [0, 0.05) is 6.42 Å². The quantitative estimate of drug-likeness (QED) is 0.443. The first-order chi connectivity index (χ1) is 7.17. The number of carboxylic acids is 1. The second-order valence-corrected chi connectivity index (χ2v) is 2.88. The van der Waals surface area contributed by atoms with Crippen LogP contribution in [0.5, 0.6) is 5.75 Å². The summed E-state index contributed by atoms with van der Waals surface area (Å²) in [7, 11) is 1.55. The highest BCUT2D eigenvalue weighted by Gasteiger charge is 2.10. The van der Waals surface area contributed by atoms with Crippen LogP contribution in [0.2, 0.25) is 0 Å². The van der Waals surface area contributed by atoms with E-state index >= 15 is 0 Å². The second kappa shape index (κ2) is 4.99. The fraction of sp³-hybridized carbons (Fsp3) is 0.200. The van der Waals surface area contributed by atoms with Gasteiger partial charge >= 0.3 is 5.97 Å². The molecule has 0 aliphatic heterocycles. The fourth-order valence-electron chi connectivity index (χ4n) is 1.09. The van der Waals surface area contributed by atoms with Crippen molar-refractivity contribution in [3.05, 3.63) is 29.8 Å². The van der Waals surface area contributed by atoms with Gasteiger partial charge in [0.1, 0.15) is 5.75 Å². The summed E-state index contributed by atoms with van der Waals surface area (Å²) < 4.78 is 4.95. The average molecular weight is 209 g/mol. The summed E-state index contributed by atoms with van der Waals surface area (Å²) in [5.41, 5.74) is 0.450. The van der Waals surface area contributed by atoms with Crippen LogP contribution in [0.25, 0.3) is 0 Å². The van der Waals surface area contributed by atoms with Crippen molar-refractivity contribution < 1.29 is 19.8 Å². The number of hydrogen-bond acceptors (Lipinski definition) is 4. The van der Waals surface area contributed by atoms with Gasteiger partial charge in [0.15, 0.2) is 5.71 Å². The summed E-state index contributed by atoms with van der Waals surface area (Å²) in [6.07, 6.45) is 0.0792. The first-order valence-electron chi connectivity index (χ1n) is 4.24. The van der Waals surface area contributed by atoms with Crippen LogP contribution in [0.4, 0.5) is 0 Å². The lowest BCUT2D eigenvalue weighted by atomic mass is 10.1. The molecule has 80 valence electrons. The molecule has 0 bridgehead atoms. The van der Waals surface area contributed by atoms with E-state index in [-0.39, 0.29) is 12.1 Å². The van der Waals surface area contributed by atoms with Crippen molar-refractivity contribution in [3.63, 3.8) is 0 Å². The van der Waals surface area contributed by atoms with Gasteiger partial charge < -0.3 is 15.1 Å². The van der Waals surface area contributed by atoms with Gasteiger partial charge in [0.25, 0.3) is 0 Å². The number of benzene rings is 1. The molecule has 0 radical (unpaired) electrons. The molecule has 0 saturated carbocycles. The van der Waals surface area contributed by atoms with E-state index < -0.39 is 5.97 Å². The van der Waals surface area contributed by atoms with Gasteiger partial charge in [0.05, 0.1) is 7.11 Å². The van der Waals surface area contributed by atoms with Crippen molar-refractivity contribution in [2.45, 2.75) is 6.42 Å². The van der Waals surface area contributed by atoms with Crippen molar-refractivity contribution in [1.82, 2.24) is 0 Å². The minimum absolute atomic E-state index is 0.0792. The first-order valence-corrected chi connectivity index (χ1v) is 4.24. The van der Waals surface area contributed by atoms with Crippen LogP contribution in [0.15, 0.2) is 29.4 Å². The summed E-state index contributed by atoms with van der Waals surface area (Å²) in [4.78, 5) is 10.5. The third-order valence-corrected chi connectivity index (χ3v) is 1.90. The van der Waals surface area contributed by atoms with E-state index in [0.717, 1.165) is 5.56 Å². The zero-order valence-electron chi connectivity index (χ0n) is 8.17. The molecule has 0 aliphatic carbocycles. The lowest BCUT2D eigenvalue weighted by Crippen LogP contribution is -2.15. The first kappa shape index (κ1) is 11.0. The third kappa shape index (κ3) is 2.98. The van der Waals surface area contributed by atoms with Crippen LogP contribution in [0.3, 0.4) is 0 Å². The lowest BCUT2D eigenvalue weighted by molar-refractivity contribution is -0.129. The number of carboxylic acid groups (broad SMARTS) is 1. The summed E-state index contributed by atoms with van der Waals surface area (Å²) in [6, 6.07) is 6.86. The molecule has 0 heterocycles. The number of oxime groups is 1. The predicted molar refractivity (Wildman–Crippen MR) is 53.6 cm³/mol. The van der Waals surface area contributed by atoms with E-state index in [1.165, 1.54) is 0 Å². The zero-order chi connectivity index (χ0) is 11.3. The Morgan fingerprint density at radius 3 is 2.40 bits per heavy atom. The Hall–Kier alpha value is -2.04. The molecule has 0 aliphatic rings. The highest BCUT2D eigenvalue weighted by atomic mass is 16.5. The Morgan fingerprint density at radius 2 is 2.00 bits per heavy atom. The van der Waals surface area contributed by atoms with Crippen LogP contribution >= 0.6 is 0 Å². The molecule has 0 atom stereocenters. The van der Waals surface area contributed by atoms with Gasteiger partial charge in [0.2, 0.25) is 0 Å². The molecular weight excluding hydrogens is 198 g/mol. The van der Waals surface area contributed by atoms with Crippen molar-refractivity contribution in [3.8, 4) is 5.75 Å². The van der Waals surface area contributed by atoms with Crippen LogP contribution in [-0.2, 0) is 11.2 Å². The number of rotatable bonds is 4. The molecular formula is C10H11NO4. The molecule has 1 rings (SSSR count). The monoisotopic (exact) mass is 209 g/mol. The van der Waals surface area contributed by atoms with Crippen molar-refractivity contribution in [2.75, 3.05) is 7.11 Å². The van der Waals surface area contributed by atoms with E-state index in [4.69, 9.17) is 15.1 Å². The van der Waals surface area contributed by atoms with Gasteiger partial charge in [-0.25, -0.2) is 4.79 Å². The van der Waals surface area contributed by atoms with Gasteiger partial charge in [-0.15, -0.1) is 0 Å². The van der Waals surface area contributed by atoms with Gasteiger partial charge in [-0.3, -0.25) is 0 Å². The molecule has 0 spiro atoms. The average Bonchev–Trinajstić information content (AvgIpc) is 2.26. The summed E-state index contributed by atoms with van der Waals surface area (Å²) >= 11 is 0. The van der Waals surface area contributed by atoms with E-state index in [1.807, 2.05) is 0 Å². The topological polar surface area (TPSA) is 79.1 Å². The summed E-state index contributed by atoms with van der Waals surface area (Å²) in [6.45, 7) is 0. The van der Waals surface area contributed by atoms with E-state index in [9.17, 15) is 4.79 Å². The third-order valence-electron chi connectivity index (χ3n) is 1.90. The zero-order valence-corrected chi connectivity index (χ0v) is 8.17. The molecule has 0 fully saturated rings. The van der Waals surface area contributed by atoms with Crippen molar-refractivity contribution in [1.29, 1.82) is 0 Å². The molecule has 0 aromatic heterocycles. The fourth-order valence-corrected chi connectivity index (χ4v) is 1.09. The Kier molecular flexibility index (Phi) is 3.68. The predicted octanol–water partition coefficient (Wildman–Crippen LogP) is 1.15. The van der Waals surface area contributed by atoms with Crippen LogP contribution in [0, 0.1) is 0 Å². The lowest BCUT2D eigenvalue weighted by Gasteiger charge is -2.02. The normalized spacial score (nSPS) is 11.1. The molecule has 2 N–H and O–H groups in total. The molecule has 0 saturated heterocycles. The standard InChI is InChI=1S/C10H11NO4/c1-15-8-4-2-7(3-5-8)6-9(11-14)10(12)13/h2-5,14H,6H2,1H3,(H,12,13)/b11-9-. The number of aliphatic carboxylic acids is 1. The Balaban J connectivity index is 2.76. The number of carbonyl (C=O) groups is 1. The Morgan fingerprint density at radius 1 is 1.40 bits per heavy atom. The molecule has 5 heteroatoms. The Bertz CT molecular complexity index is 370.